The van der Waals surface area contributed by atoms with Gasteiger partial charge in [-0.05, 0) is 30.4 Å². The predicted molar refractivity (Wildman–Crippen MR) is 59.4 cm³/mol. The third-order valence-electron chi connectivity index (χ3n) is 3.43. The van der Waals surface area contributed by atoms with Gasteiger partial charge in [0.2, 0.25) is 0 Å². The minimum absolute atomic E-state index is 0.728. The Morgan fingerprint density at radius 3 is 3.21 bits per heavy atom. The molecule has 0 bridgehead atoms. The van der Waals surface area contributed by atoms with Crippen LogP contribution in [0.5, 0.6) is 0 Å². The number of pyridine rings is 1. The molecule has 1 heteroatoms. The van der Waals surface area contributed by atoms with Crippen molar-refractivity contribution in [3.05, 3.63) is 29.6 Å². The fourth-order valence-electron chi connectivity index (χ4n) is 2.65. The molecule has 2 rings (SSSR count). The van der Waals surface area contributed by atoms with Gasteiger partial charge in [0.15, 0.2) is 0 Å². The van der Waals surface area contributed by atoms with Crippen LogP contribution in [-0.4, -0.2) is 4.98 Å². The average Bonchev–Trinajstić information content (AvgIpc) is 2.61. The molecule has 2 unspecified atom stereocenters. The second kappa shape index (κ2) is 4.12. The maximum absolute atomic E-state index is 4.54. The van der Waals surface area contributed by atoms with Gasteiger partial charge in [-0.1, -0.05) is 32.8 Å². The summed E-state index contributed by atoms with van der Waals surface area (Å²) in [5.74, 6) is 1.53. The zero-order chi connectivity index (χ0) is 9.97. The van der Waals surface area contributed by atoms with E-state index in [0.717, 1.165) is 11.8 Å². The van der Waals surface area contributed by atoms with Crippen molar-refractivity contribution in [2.24, 2.45) is 5.92 Å². The molecule has 0 spiro atoms. The SMILES string of the molecule is CCCC(C)C1CCc2cccnc21. The van der Waals surface area contributed by atoms with Crippen LogP contribution in [0.3, 0.4) is 0 Å². The quantitative estimate of drug-likeness (QED) is 0.708. The van der Waals surface area contributed by atoms with Crippen LogP contribution in [0.1, 0.15) is 50.3 Å². The highest BCUT2D eigenvalue weighted by atomic mass is 14.7. The van der Waals surface area contributed by atoms with Gasteiger partial charge in [0, 0.05) is 17.8 Å². The Labute approximate surface area is 86.6 Å². The van der Waals surface area contributed by atoms with E-state index >= 15 is 0 Å². The van der Waals surface area contributed by atoms with Crippen molar-refractivity contribution in [1.29, 1.82) is 0 Å². The van der Waals surface area contributed by atoms with E-state index in [1.807, 2.05) is 6.20 Å². The molecule has 1 heterocycles. The normalized spacial score (nSPS) is 22.0. The number of aryl methyl sites for hydroxylation is 1. The topological polar surface area (TPSA) is 12.9 Å². The van der Waals surface area contributed by atoms with Gasteiger partial charge in [-0.3, -0.25) is 4.98 Å². The maximum atomic E-state index is 4.54. The minimum atomic E-state index is 0.728. The maximum Gasteiger partial charge on any atom is 0.0469 e. The third kappa shape index (κ3) is 1.68. The molecule has 1 aromatic rings. The predicted octanol–water partition coefficient (Wildman–Crippen LogP) is 3.55. The molecule has 1 aliphatic rings. The van der Waals surface area contributed by atoms with E-state index in [0.29, 0.717) is 0 Å². The van der Waals surface area contributed by atoms with Crippen LogP contribution in [0.4, 0.5) is 0 Å². The van der Waals surface area contributed by atoms with Gasteiger partial charge in [0.1, 0.15) is 0 Å². The fourth-order valence-corrected chi connectivity index (χ4v) is 2.65. The zero-order valence-electron chi connectivity index (χ0n) is 9.16. The van der Waals surface area contributed by atoms with E-state index in [9.17, 15) is 0 Å². The van der Waals surface area contributed by atoms with E-state index in [1.54, 1.807) is 0 Å². The van der Waals surface area contributed by atoms with Crippen LogP contribution >= 0.6 is 0 Å². The zero-order valence-corrected chi connectivity index (χ0v) is 9.16. The summed E-state index contributed by atoms with van der Waals surface area (Å²) in [7, 11) is 0. The van der Waals surface area contributed by atoms with Crippen LogP contribution < -0.4 is 0 Å². The Morgan fingerprint density at radius 2 is 2.43 bits per heavy atom. The summed E-state index contributed by atoms with van der Waals surface area (Å²) in [6.45, 7) is 4.64. The molecule has 0 aromatic carbocycles. The van der Waals surface area contributed by atoms with Gasteiger partial charge >= 0.3 is 0 Å². The van der Waals surface area contributed by atoms with Crippen LogP contribution in [0.15, 0.2) is 18.3 Å². The van der Waals surface area contributed by atoms with Crippen molar-refractivity contribution in [1.82, 2.24) is 4.98 Å². The molecule has 1 aliphatic carbocycles. The summed E-state index contributed by atoms with van der Waals surface area (Å²) in [4.78, 5) is 4.54. The Hall–Kier alpha value is -0.850. The number of fused-ring (bicyclic) bond motifs is 1. The Bertz CT molecular complexity index is 306. The lowest BCUT2D eigenvalue weighted by Crippen LogP contribution is -2.07. The summed E-state index contributed by atoms with van der Waals surface area (Å²) in [6.07, 6.45) is 7.12. The number of nitrogens with zero attached hydrogens (tertiary/aromatic N) is 1. The average molecular weight is 189 g/mol. The lowest BCUT2D eigenvalue weighted by Gasteiger charge is -2.18. The number of hydrogen-bond acceptors (Lipinski definition) is 1. The fraction of sp³-hybridized carbons (Fsp3) is 0.615. The number of hydrogen-bond donors (Lipinski definition) is 0. The molecule has 0 N–H and O–H groups in total. The first kappa shape index (κ1) is 9.70. The van der Waals surface area contributed by atoms with Crippen molar-refractivity contribution < 1.29 is 0 Å². The minimum Gasteiger partial charge on any atom is -0.261 e. The molecule has 0 aliphatic heterocycles. The smallest absolute Gasteiger partial charge is 0.0469 e. The van der Waals surface area contributed by atoms with Crippen molar-refractivity contribution in [2.75, 3.05) is 0 Å². The first-order valence-electron chi connectivity index (χ1n) is 5.76. The van der Waals surface area contributed by atoms with Crippen molar-refractivity contribution in [2.45, 2.75) is 45.4 Å². The summed E-state index contributed by atoms with van der Waals surface area (Å²) in [5.41, 5.74) is 2.87. The molecule has 0 saturated heterocycles. The summed E-state index contributed by atoms with van der Waals surface area (Å²) in [5, 5.41) is 0. The molecule has 76 valence electrons. The molecular formula is C13H19N. The molecule has 1 aromatic heterocycles. The molecular weight excluding hydrogens is 170 g/mol. The first-order chi connectivity index (χ1) is 6.83. The molecule has 0 fully saturated rings. The molecule has 0 saturated carbocycles. The Kier molecular flexibility index (Phi) is 2.85. The largest absolute Gasteiger partial charge is 0.261 e. The number of rotatable bonds is 3. The molecule has 1 nitrogen and oxygen atoms in total. The highest BCUT2D eigenvalue weighted by Crippen LogP contribution is 2.38. The van der Waals surface area contributed by atoms with Gasteiger partial charge in [-0.25, -0.2) is 0 Å². The first-order valence-corrected chi connectivity index (χ1v) is 5.76. The molecule has 14 heavy (non-hydrogen) atoms. The van der Waals surface area contributed by atoms with Crippen molar-refractivity contribution >= 4 is 0 Å². The summed E-state index contributed by atoms with van der Waals surface area (Å²) >= 11 is 0. The lowest BCUT2D eigenvalue weighted by molar-refractivity contribution is 0.417. The van der Waals surface area contributed by atoms with Gasteiger partial charge in [-0.15, -0.1) is 0 Å². The van der Waals surface area contributed by atoms with Gasteiger partial charge < -0.3 is 0 Å². The standard InChI is InChI=1S/C13H19N/c1-3-5-10(2)12-8-7-11-6-4-9-14-13(11)12/h4,6,9-10,12H,3,5,7-8H2,1-2H3. The van der Waals surface area contributed by atoms with Crippen LogP contribution in [-0.2, 0) is 6.42 Å². The second-order valence-corrected chi connectivity index (χ2v) is 4.46. The Morgan fingerprint density at radius 1 is 1.57 bits per heavy atom. The summed E-state index contributed by atoms with van der Waals surface area (Å²) < 4.78 is 0. The van der Waals surface area contributed by atoms with E-state index < -0.39 is 0 Å². The summed E-state index contributed by atoms with van der Waals surface area (Å²) in [6, 6.07) is 4.30. The second-order valence-electron chi connectivity index (χ2n) is 4.46. The van der Waals surface area contributed by atoms with Crippen LogP contribution in [0.2, 0.25) is 0 Å². The van der Waals surface area contributed by atoms with E-state index in [4.69, 9.17) is 0 Å². The van der Waals surface area contributed by atoms with Gasteiger partial charge in [0.25, 0.3) is 0 Å². The van der Waals surface area contributed by atoms with E-state index in [-0.39, 0.29) is 0 Å². The van der Waals surface area contributed by atoms with E-state index in [2.05, 4.69) is 31.0 Å². The van der Waals surface area contributed by atoms with E-state index in [1.165, 1.54) is 36.9 Å². The monoisotopic (exact) mass is 189 g/mol. The van der Waals surface area contributed by atoms with Crippen molar-refractivity contribution in [3.63, 3.8) is 0 Å². The van der Waals surface area contributed by atoms with Crippen molar-refractivity contribution in [3.8, 4) is 0 Å². The third-order valence-corrected chi connectivity index (χ3v) is 3.43. The molecule has 0 amide bonds. The highest BCUT2D eigenvalue weighted by molar-refractivity contribution is 5.28. The molecule has 2 atom stereocenters. The number of aromatic nitrogens is 1. The lowest BCUT2D eigenvalue weighted by atomic mass is 9.88. The molecule has 0 radical (unpaired) electrons. The van der Waals surface area contributed by atoms with Crippen LogP contribution in [0, 0.1) is 5.92 Å². The van der Waals surface area contributed by atoms with Gasteiger partial charge in [0.05, 0.1) is 0 Å². The Balaban J connectivity index is 2.17. The highest BCUT2D eigenvalue weighted by Gasteiger charge is 2.27. The van der Waals surface area contributed by atoms with Gasteiger partial charge in [-0.2, -0.15) is 0 Å². The van der Waals surface area contributed by atoms with Crippen LogP contribution in [0.25, 0.3) is 0 Å².